The van der Waals surface area contributed by atoms with Gasteiger partial charge in [0.25, 0.3) is 0 Å². The molecule has 1 aliphatic carbocycles. The Labute approximate surface area is 129 Å². The van der Waals surface area contributed by atoms with Crippen LogP contribution in [0, 0.1) is 11.8 Å². The van der Waals surface area contributed by atoms with Crippen molar-refractivity contribution in [3.05, 3.63) is 30.1 Å². The average Bonchev–Trinajstić information content (AvgIpc) is 3.33. The van der Waals surface area contributed by atoms with Gasteiger partial charge in [0.05, 0.1) is 0 Å². The van der Waals surface area contributed by atoms with Gasteiger partial charge in [-0.3, -0.25) is 9.88 Å². The maximum Gasteiger partial charge on any atom is 0.0312 e. The van der Waals surface area contributed by atoms with Gasteiger partial charge in [-0.05, 0) is 43.2 Å². The van der Waals surface area contributed by atoms with Crippen molar-refractivity contribution in [1.82, 2.24) is 15.2 Å². The molecule has 1 aromatic heterocycles. The fourth-order valence-electron chi connectivity index (χ4n) is 3.79. The SMILES string of the molecule is CCC(C)C1CNC(C)(C2CC2)CN1Cc1cccnc1. The highest BCUT2D eigenvalue weighted by Gasteiger charge is 2.46. The molecule has 0 amide bonds. The predicted molar refractivity (Wildman–Crippen MR) is 87.0 cm³/mol. The Morgan fingerprint density at radius 3 is 2.90 bits per heavy atom. The fourth-order valence-corrected chi connectivity index (χ4v) is 3.79. The lowest BCUT2D eigenvalue weighted by Crippen LogP contribution is -2.64. The first-order valence-corrected chi connectivity index (χ1v) is 8.50. The summed E-state index contributed by atoms with van der Waals surface area (Å²) in [7, 11) is 0. The second-order valence-corrected chi connectivity index (χ2v) is 7.29. The predicted octanol–water partition coefficient (Wildman–Crippen LogP) is 3.07. The van der Waals surface area contributed by atoms with Crippen LogP contribution in [-0.4, -0.2) is 34.6 Å². The van der Waals surface area contributed by atoms with E-state index in [4.69, 9.17) is 0 Å². The van der Waals surface area contributed by atoms with Gasteiger partial charge in [0.15, 0.2) is 0 Å². The molecule has 1 aliphatic heterocycles. The molecule has 2 aliphatic rings. The number of hydrogen-bond acceptors (Lipinski definition) is 3. The topological polar surface area (TPSA) is 28.2 Å². The molecule has 0 radical (unpaired) electrons. The minimum Gasteiger partial charge on any atom is -0.308 e. The van der Waals surface area contributed by atoms with Crippen molar-refractivity contribution in [3.8, 4) is 0 Å². The minimum absolute atomic E-state index is 0.312. The third-order valence-corrected chi connectivity index (χ3v) is 5.60. The van der Waals surface area contributed by atoms with Crippen LogP contribution in [0.1, 0.15) is 45.6 Å². The van der Waals surface area contributed by atoms with E-state index < -0.39 is 0 Å². The van der Waals surface area contributed by atoms with Crippen LogP contribution >= 0.6 is 0 Å². The molecule has 116 valence electrons. The summed E-state index contributed by atoms with van der Waals surface area (Å²) >= 11 is 0. The van der Waals surface area contributed by atoms with Crippen LogP contribution in [-0.2, 0) is 6.54 Å². The molecule has 3 unspecified atom stereocenters. The Kier molecular flexibility index (Phi) is 4.32. The molecule has 2 fully saturated rings. The molecular formula is C18H29N3. The van der Waals surface area contributed by atoms with Crippen LogP contribution < -0.4 is 5.32 Å². The monoisotopic (exact) mass is 287 g/mol. The molecule has 3 atom stereocenters. The van der Waals surface area contributed by atoms with Gasteiger partial charge in [-0.1, -0.05) is 26.3 Å². The van der Waals surface area contributed by atoms with E-state index in [9.17, 15) is 0 Å². The second kappa shape index (κ2) is 6.05. The van der Waals surface area contributed by atoms with Gasteiger partial charge in [-0.15, -0.1) is 0 Å². The molecule has 3 heteroatoms. The highest BCUT2D eigenvalue weighted by Crippen LogP contribution is 2.42. The van der Waals surface area contributed by atoms with Crippen molar-refractivity contribution in [2.24, 2.45) is 11.8 Å². The number of nitrogens with one attached hydrogen (secondary N) is 1. The van der Waals surface area contributed by atoms with E-state index >= 15 is 0 Å². The number of piperazine rings is 1. The van der Waals surface area contributed by atoms with Gasteiger partial charge >= 0.3 is 0 Å². The summed E-state index contributed by atoms with van der Waals surface area (Å²) in [4.78, 5) is 6.99. The first kappa shape index (κ1) is 15.0. The molecule has 21 heavy (non-hydrogen) atoms. The van der Waals surface area contributed by atoms with Crippen molar-refractivity contribution in [2.45, 2.75) is 58.2 Å². The number of nitrogens with zero attached hydrogens (tertiary/aromatic N) is 2. The van der Waals surface area contributed by atoms with Gasteiger partial charge in [0.2, 0.25) is 0 Å². The zero-order valence-electron chi connectivity index (χ0n) is 13.7. The Balaban J connectivity index is 1.75. The first-order chi connectivity index (χ1) is 10.1. The molecule has 0 spiro atoms. The highest BCUT2D eigenvalue weighted by molar-refractivity contribution is 5.11. The van der Waals surface area contributed by atoms with E-state index in [-0.39, 0.29) is 0 Å². The Morgan fingerprint density at radius 2 is 2.29 bits per heavy atom. The van der Waals surface area contributed by atoms with Crippen LogP contribution in [0.3, 0.4) is 0 Å². The molecule has 1 N–H and O–H groups in total. The Hall–Kier alpha value is -0.930. The maximum atomic E-state index is 4.28. The van der Waals surface area contributed by atoms with Crippen molar-refractivity contribution in [1.29, 1.82) is 0 Å². The fraction of sp³-hybridized carbons (Fsp3) is 0.722. The molecule has 1 saturated carbocycles. The van der Waals surface area contributed by atoms with Gasteiger partial charge < -0.3 is 5.32 Å². The van der Waals surface area contributed by atoms with Crippen molar-refractivity contribution >= 4 is 0 Å². The standard InChI is InChI=1S/C18H29N3/c1-4-14(2)17-11-20-18(3,16-7-8-16)13-21(17)12-15-6-5-9-19-10-15/h5-6,9-10,14,16-17,20H,4,7-8,11-13H2,1-3H3. The van der Waals surface area contributed by atoms with Crippen LogP contribution in [0.2, 0.25) is 0 Å². The van der Waals surface area contributed by atoms with E-state index in [2.05, 4.69) is 48.1 Å². The highest BCUT2D eigenvalue weighted by atomic mass is 15.3. The Bertz CT molecular complexity index is 457. The minimum atomic E-state index is 0.312. The maximum absolute atomic E-state index is 4.28. The lowest BCUT2D eigenvalue weighted by molar-refractivity contribution is 0.0413. The van der Waals surface area contributed by atoms with E-state index in [1.54, 1.807) is 0 Å². The molecule has 3 rings (SSSR count). The summed E-state index contributed by atoms with van der Waals surface area (Å²) in [5, 5.41) is 3.88. The third-order valence-electron chi connectivity index (χ3n) is 5.60. The Morgan fingerprint density at radius 1 is 1.48 bits per heavy atom. The summed E-state index contributed by atoms with van der Waals surface area (Å²) in [6, 6.07) is 4.90. The lowest BCUT2D eigenvalue weighted by atomic mass is 9.86. The van der Waals surface area contributed by atoms with Crippen molar-refractivity contribution in [3.63, 3.8) is 0 Å². The van der Waals surface area contributed by atoms with Crippen molar-refractivity contribution < 1.29 is 0 Å². The number of hydrogen-bond donors (Lipinski definition) is 1. The van der Waals surface area contributed by atoms with Gasteiger partial charge in [-0.25, -0.2) is 0 Å². The number of aromatic nitrogens is 1. The number of pyridine rings is 1. The van der Waals surface area contributed by atoms with E-state index in [0.717, 1.165) is 24.9 Å². The van der Waals surface area contributed by atoms with Crippen LogP contribution in [0.15, 0.2) is 24.5 Å². The van der Waals surface area contributed by atoms with E-state index in [0.29, 0.717) is 11.6 Å². The third kappa shape index (κ3) is 3.29. The first-order valence-electron chi connectivity index (χ1n) is 8.50. The van der Waals surface area contributed by atoms with Gasteiger partial charge in [-0.2, -0.15) is 0 Å². The molecule has 1 aromatic rings. The molecule has 2 heterocycles. The summed E-state index contributed by atoms with van der Waals surface area (Å²) in [5.74, 6) is 1.62. The summed E-state index contributed by atoms with van der Waals surface area (Å²) in [6.45, 7) is 10.5. The quantitative estimate of drug-likeness (QED) is 0.902. The van der Waals surface area contributed by atoms with Crippen LogP contribution in [0.4, 0.5) is 0 Å². The van der Waals surface area contributed by atoms with Gasteiger partial charge in [0.1, 0.15) is 0 Å². The summed E-state index contributed by atoms with van der Waals surface area (Å²) in [5.41, 5.74) is 1.65. The summed E-state index contributed by atoms with van der Waals surface area (Å²) < 4.78 is 0. The number of rotatable bonds is 5. The average molecular weight is 287 g/mol. The van der Waals surface area contributed by atoms with Crippen LogP contribution in [0.25, 0.3) is 0 Å². The molecule has 1 saturated heterocycles. The van der Waals surface area contributed by atoms with Gasteiger partial charge in [0, 0.05) is 43.6 Å². The molecule has 0 bridgehead atoms. The van der Waals surface area contributed by atoms with Crippen LogP contribution in [0.5, 0.6) is 0 Å². The largest absolute Gasteiger partial charge is 0.308 e. The smallest absolute Gasteiger partial charge is 0.0312 e. The normalized spacial score (nSPS) is 32.0. The van der Waals surface area contributed by atoms with E-state index in [1.807, 2.05) is 12.4 Å². The zero-order chi connectivity index (χ0) is 14.9. The van der Waals surface area contributed by atoms with Crippen molar-refractivity contribution in [2.75, 3.05) is 13.1 Å². The molecular weight excluding hydrogens is 258 g/mol. The van der Waals surface area contributed by atoms with E-state index in [1.165, 1.54) is 31.4 Å². The second-order valence-electron chi connectivity index (χ2n) is 7.29. The molecule has 3 nitrogen and oxygen atoms in total. The lowest BCUT2D eigenvalue weighted by Gasteiger charge is -2.48. The summed E-state index contributed by atoms with van der Waals surface area (Å²) in [6.07, 6.45) is 7.93. The zero-order valence-corrected chi connectivity index (χ0v) is 13.7. The molecule has 0 aromatic carbocycles.